The topological polar surface area (TPSA) is 206 Å². The molecular weight excluding hydrogens is 1900 g/mol. The Morgan fingerprint density at radius 3 is 0.711 bits per heavy atom. The molecule has 0 saturated carbocycles. The molecule has 0 fully saturated rings. The van der Waals surface area contributed by atoms with Gasteiger partial charge in [-0.05, 0) is 158 Å². The van der Waals surface area contributed by atoms with E-state index in [0.29, 0.717) is 0 Å². The predicted molar refractivity (Wildman–Crippen MR) is 484 cm³/mol. The normalized spacial score (nSPS) is 10.5. The zero-order valence-corrected chi connectivity index (χ0v) is 72.4. The fourth-order valence-electron chi connectivity index (χ4n) is 14.0. The number of aromatic nitrogens is 16. The fourth-order valence-corrected chi connectivity index (χ4v) is 14.3. The van der Waals surface area contributed by atoms with E-state index >= 15 is 0 Å². The predicted octanol–water partition coefficient (Wildman–Crippen LogP) is 23.2. The Morgan fingerprint density at radius 1 is 0.207 bits per heavy atom. The first-order valence-corrected chi connectivity index (χ1v) is 38.2. The minimum atomic E-state index is 0. The van der Waals surface area contributed by atoms with Crippen LogP contribution < -0.4 is 0 Å². The average molecular weight is 1970 g/mol. The van der Waals surface area contributed by atoms with E-state index in [4.69, 9.17) is 26.4 Å². The first-order chi connectivity index (χ1) is 57.9. The maximum atomic E-state index is 5.10. The Balaban J connectivity index is 0.000000119. The Labute approximate surface area is 742 Å². The number of halogens is 1. The molecule has 0 aliphatic heterocycles. The van der Waals surface area contributed by atoms with E-state index in [9.17, 15) is 0 Å². The van der Waals surface area contributed by atoms with Crippen molar-refractivity contribution >= 4 is 191 Å². The van der Waals surface area contributed by atoms with E-state index < -0.39 is 0 Å². The van der Waals surface area contributed by atoms with Crippen LogP contribution in [-0.2, 0) is 60.0 Å². The molecule has 0 aliphatic carbocycles. The first-order valence-electron chi connectivity index (χ1n) is 37.5. The molecule has 14 aromatic heterocycles. The van der Waals surface area contributed by atoms with Crippen molar-refractivity contribution in [2.75, 3.05) is 0 Å². The van der Waals surface area contributed by atoms with Gasteiger partial charge in [0.2, 0.25) is 0 Å². The second-order valence-electron chi connectivity index (χ2n) is 26.8. The number of fused-ring (bicyclic) bond motifs is 26. The third kappa shape index (κ3) is 18.1. The number of hydrogen-bond donors (Lipinski definition) is 0. The van der Waals surface area contributed by atoms with Gasteiger partial charge >= 0.3 is 0 Å². The van der Waals surface area contributed by atoms with Gasteiger partial charge in [-0.1, -0.05) is 167 Å². The molecule has 24 rings (SSSR count). The average Bonchev–Trinajstić information content (AvgIpc) is 0.739. The van der Waals surface area contributed by atoms with Gasteiger partial charge in [-0.15, -0.1) is 6.42 Å². The summed E-state index contributed by atoms with van der Waals surface area (Å²) in [5.41, 5.74) is 20.8. The van der Waals surface area contributed by atoms with E-state index in [1.54, 1.807) is 74.4 Å². The fraction of sp³-hybridized carbons (Fsp3) is 0. The molecule has 0 bridgehead atoms. The van der Waals surface area contributed by atoms with E-state index in [-0.39, 0.29) is 67.4 Å². The van der Waals surface area contributed by atoms with Crippen molar-refractivity contribution in [3.63, 3.8) is 0 Å². The van der Waals surface area contributed by atoms with E-state index in [1.165, 1.54) is 0 Å². The second-order valence-corrected chi connectivity index (χ2v) is 27.7. The Hall–Kier alpha value is -14.1. The summed E-state index contributed by atoms with van der Waals surface area (Å²) in [6, 6.07) is 95.8. The van der Waals surface area contributed by atoms with Gasteiger partial charge in [0, 0.05) is 220 Å². The van der Waals surface area contributed by atoms with Crippen molar-refractivity contribution in [2.45, 2.75) is 0 Å². The largest absolute Gasteiger partial charge is 0.358 e. The number of benzene rings is 10. The molecule has 20 heteroatoms. The monoisotopic (exact) mass is 1970 g/mol. The molecule has 0 amide bonds. The standard InChI is InChI=1S/C26H14N4.C18H9BrN4.4C12H8N2.C8H6.CH3.2Ru.W/c1-2-6-17(7-3-1)10-11-18-12-13-21-22(16-18)30-26-20-9-5-15-28-24(20)23-19(25(26)29-21)8-4-14-27-23;19-10-5-6-13-14(9-10)23-18-12-4-2-8-21-16(12)15-11(17(18)22-13)3-1-7-20-15;4*1-3-9-5-6-10-4-2-8-14-12(10)11(9)13-7-1;1-2-8-6-4-3-5-7-8;;;;/h1-9,12-16H;1-9H;4*1-8H;1,3-7H;1H3;;;/q;;;;;;;-1;;;. The molecule has 10 aromatic carbocycles. The van der Waals surface area contributed by atoms with Gasteiger partial charge < -0.3 is 7.43 Å². The number of nitrogens with zero attached hydrogens (tertiary/aromatic N) is 16. The van der Waals surface area contributed by atoms with Crippen LogP contribution in [0.2, 0.25) is 0 Å². The van der Waals surface area contributed by atoms with E-state index in [2.05, 4.69) is 191 Å². The smallest absolute Gasteiger partial charge is 0.0996 e. The van der Waals surface area contributed by atoms with Crippen LogP contribution in [0.3, 0.4) is 0 Å². The molecule has 24 aromatic rings. The molecule has 0 spiro atoms. The summed E-state index contributed by atoms with van der Waals surface area (Å²) in [6.45, 7) is 0. The third-order valence-electron chi connectivity index (χ3n) is 19.4. The second kappa shape index (κ2) is 39.0. The number of pyridine rings is 12. The molecule has 121 heavy (non-hydrogen) atoms. The third-order valence-corrected chi connectivity index (χ3v) is 19.9. The van der Waals surface area contributed by atoms with Crippen molar-refractivity contribution in [3.8, 4) is 24.2 Å². The first kappa shape index (κ1) is 83.4. The molecular formula is C101H64BrN16Ru2W-. The van der Waals surface area contributed by atoms with Gasteiger partial charge in [-0.3, -0.25) is 59.8 Å². The summed E-state index contributed by atoms with van der Waals surface area (Å²) < 4.78 is 0.989. The van der Waals surface area contributed by atoms with Gasteiger partial charge in [0.05, 0.1) is 110 Å². The summed E-state index contributed by atoms with van der Waals surface area (Å²) in [4.78, 5) is 72.5. The molecule has 0 atom stereocenters. The number of rotatable bonds is 0. The molecule has 0 unspecified atom stereocenters. The van der Waals surface area contributed by atoms with Crippen LogP contribution in [0.5, 0.6) is 0 Å². The quantitative estimate of drug-likeness (QED) is 0.0455. The van der Waals surface area contributed by atoms with Gasteiger partial charge in [0.15, 0.2) is 0 Å². The van der Waals surface area contributed by atoms with E-state index in [1.807, 2.05) is 194 Å². The Morgan fingerprint density at radius 2 is 0.438 bits per heavy atom. The molecule has 14 heterocycles. The van der Waals surface area contributed by atoms with Crippen LogP contribution >= 0.6 is 15.9 Å². The zero-order chi connectivity index (χ0) is 78.6. The van der Waals surface area contributed by atoms with Crippen molar-refractivity contribution in [2.24, 2.45) is 0 Å². The summed E-state index contributed by atoms with van der Waals surface area (Å²) in [7, 11) is 0. The van der Waals surface area contributed by atoms with Crippen molar-refractivity contribution in [1.82, 2.24) is 79.7 Å². The SMILES string of the molecule is Brc1ccc2nc3c4cccnc4c4ncccc4c3nc2c1.C#Cc1ccccc1.C(#Cc1ccc2nc3c4cccnc4c4ncccc4c3nc2c1)c1ccccc1.[CH3-].[Ru].[Ru].[W].c1cnc2c(c1)ccc1cccnc12.c1cnc2c(c1)ccc1cccnc12.c1cnc2c(c1)ccc1cccnc12.c1cnc2c(c1)ccc1cccnc12. The van der Waals surface area contributed by atoms with Crippen molar-refractivity contribution < 1.29 is 60.0 Å². The van der Waals surface area contributed by atoms with Crippen LogP contribution in [0.4, 0.5) is 0 Å². The summed E-state index contributed by atoms with van der Waals surface area (Å²) in [5, 5.41) is 13.0. The van der Waals surface area contributed by atoms with Crippen LogP contribution in [0.1, 0.15) is 16.7 Å². The minimum Gasteiger partial charge on any atom is -0.358 e. The van der Waals surface area contributed by atoms with Crippen LogP contribution in [-0.4, -0.2) is 79.7 Å². The summed E-state index contributed by atoms with van der Waals surface area (Å²) >= 11 is 3.50. The zero-order valence-electron chi connectivity index (χ0n) is 64.4. The number of hydrogen-bond acceptors (Lipinski definition) is 16. The Bertz CT molecular complexity index is 7350. The van der Waals surface area contributed by atoms with Gasteiger partial charge in [-0.25, -0.2) is 19.9 Å². The van der Waals surface area contributed by atoms with Crippen molar-refractivity contribution in [3.05, 3.63) is 394 Å². The molecule has 0 N–H and O–H groups in total. The van der Waals surface area contributed by atoms with Crippen LogP contribution in [0.15, 0.2) is 370 Å². The number of terminal acetylenes is 1. The van der Waals surface area contributed by atoms with E-state index in [0.717, 1.165) is 196 Å². The molecule has 0 radical (unpaired) electrons. The van der Waals surface area contributed by atoms with Gasteiger partial charge in [0.1, 0.15) is 0 Å². The van der Waals surface area contributed by atoms with Crippen molar-refractivity contribution in [1.29, 1.82) is 0 Å². The summed E-state index contributed by atoms with van der Waals surface area (Å²) in [5.74, 6) is 8.95. The summed E-state index contributed by atoms with van der Waals surface area (Å²) in [6.07, 6.45) is 26.7. The Kier molecular flexibility index (Phi) is 26.8. The maximum Gasteiger partial charge on any atom is 0.0996 e. The maximum absolute atomic E-state index is 5.10. The van der Waals surface area contributed by atoms with Crippen LogP contribution in [0.25, 0.3) is 175 Å². The molecule has 578 valence electrons. The molecule has 0 saturated heterocycles. The molecule has 16 nitrogen and oxygen atoms in total. The van der Waals surface area contributed by atoms with Gasteiger partial charge in [-0.2, -0.15) is 0 Å². The van der Waals surface area contributed by atoms with Gasteiger partial charge in [0.25, 0.3) is 0 Å². The minimum absolute atomic E-state index is 0. The van der Waals surface area contributed by atoms with Crippen LogP contribution in [0, 0.1) is 31.6 Å². The molecule has 0 aliphatic rings.